The average molecular weight is 481 g/mol. The van der Waals surface area contributed by atoms with Crippen LogP contribution >= 0.6 is 35.3 Å². The van der Waals surface area contributed by atoms with Gasteiger partial charge in [0.25, 0.3) is 0 Å². The van der Waals surface area contributed by atoms with Crippen LogP contribution < -0.4 is 15.4 Å². The van der Waals surface area contributed by atoms with Gasteiger partial charge in [-0.3, -0.25) is 4.99 Å². The van der Waals surface area contributed by atoms with Crippen molar-refractivity contribution in [2.24, 2.45) is 4.99 Å². The molecule has 0 fully saturated rings. The second kappa shape index (κ2) is 10.4. The lowest BCUT2D eigenvalue weighted by molar-refractivity contribution is 0.415. The van der Waals surface area contributed by atoms with Gasteiger partial charge in [0.2, 0.25) is 0 Å². The molecule has 2 aromatic carbocycles. The fraction of sp³-hybridized carbons (Fsp3) is 0.250. The molecule has 3 rings (SSSR count). The van der Waals surface area contributed by atoms with Gasteiger partial charge in [0.1, 0.15) is 5.75 Å². The fourth-order valence-electron chi connectivity index (χ4n) is 2.68. The van der Waals surface area contributed by atoms with E-state index < -0.39 is 0 Å². The molecule has 0 aliphatic rings. The largest absolute Gasteiger partial charge is 0.497 e. The molecule has 4 nitrogen and oxygen atoms in total. The summed E-state index contributed by atoms with van der Waals surface area (Å²) in [6, 6.07) is 16.8. The Labute approximate surface area is 175 Å². The quantitative estimate of drug-likeness (QED) is 0.311. The van der Waals surface area contributed by atoms with Crippen LogP contribution in [0.25, 0.3) is 10.8 Å². The SMILES string of the molecule is CN=C(NCCc1cccs1)NCc1ccc2cc(OC)ccc2c1.I. The highest BCUT2D eigenvalue weighted by Gasteiger charge is 2.02. The molecule has 6 heteroatoms. The number of hydrogen-bond acceptors (Lipinski definition) is 3. The molecule has 0 unspecified atom stereocenters. The number of methoxy groups -OCH3 is 1. The molecule has 1 heterocycles. The van der Waals surface area contributed by atoms with Crippen LogP contribution in [0.5, 0.6) is 5.75 Å². The lowest BCUT2D eigenvalue weighted by Crippen LogP contribution is -2.37. The number of ether oxygens (including phenoxy) is 1. The van der Waals surface area contributed by atoms with Crippen LogP contribution in [0.1, 0.15) is 10.4 Å². The fourth-order valence-corrected chi connectivity index (χ4v) is 3.38. The number of nitrogens with one attached hydrogen (secondary N) is 2. The molecule has 2 N–H and O–H groups in total. The Morgan fingerprint density at radius 3 is 2.62 bits per heavy atom. The first kappa shape index (κ1) is 20.5. The Bertz CT molecular complexity index is 849. The van der Waals surface area contributed by atoms with Gasteiger partial charge < -0.3 is 15.4 Å². The average Bonchev–Trinajstić information content (AvgIpc) is 3.17. The summed E-state index contributed by atoms with van der Waals surface area (Å²) in [5, 5.41) is 11.2. The van der Waals surface area contributed by atoms with Gasteiger partial charge in [0.15, 0.2) is 5.96 Å². The molecule has 0 saturated heterocycles. The molecular formula is C20H24IN3OS. The predicted octanol–water partition coefficient (Wildman–Crippen LogP) is 4.44. The van der Waals surface area contributed by atoms with E-state index in [-0.39, 0.29) is 24.0 Å². The van der Waals surface area contributed by atoms with E-state index in [1.807, 2.05) is 6.07 Å². The summed E-state index contributed by atoms with van der Waals surface area (Å²) in [5.74, 6) is 1.71. The number of hydrogen-bond donors (Lipinski definition) is 2. The third kappa shape index (κ3) is 5.60. The molecule has 0 saturated carbocycles. The lowest BCUT2D eigenvalue weighted by Gasteiger charge is -2.12. The molecule has 0 aliphatic carbocycles. The molecule has 0 amide bonds. The highest BCUT2D eigenvalue weighted by Crippen LogP contribution is 2.21. The van der Waals surface area contributed by atoms with E-state index in [4.69, 9.17) is 4.74 Å². The predicted molar refractivity (Wildman–Crippen MR) is 122 cm³/mol. The topological polar surface area (TPSA) is 45.7 Å². The van der Waals surface area contributed by atoms with Crippen molar-refractivity contribution in [2.75, 3.05) is 20.7 Å². The summed E-state index contributed by atoms with van der Waals surface area (Å²) in [4.78, 5) is 5.67. The monoisotopic (exact) mass is 481 g/mol. The van der Waals surface area contributed by atoms with E-state index in [1.54, 1.807) is 25.5 Å². The van der Waals surface area contributed by atoms with Crippen molar-refractivity contribution in [1.29, 1.82) is 0 Å². The van der Waals surface area contributed by atoms with Crippen LogP contribution in [-0.2, 0) is 13.0 Å². The van der Waals surface area contributed by atoms with Gasteiger partial charge in [-0.15, -0.1) is 35.3 Å². The Balaban J connectivity index is 0.00000243. The van der Waals surface area contributed by atoms with Gasteiger partial charge in [-0.05, 0) is 52.4 Å². The minimum atomic E-state index is 0. The van der Waals surface area contributed by atoms with Crippen LogP contribution in [0.3, 0.4) is 0 Å². The number of guanidine groups is 1. The number of halogens is 1. The molecule has 1 aromatic heterocycles. The summed E-state index contributed by atoms with van der Waals surface area (Å²) in [7, 11) is 3.49. The summed E-state index contributed by atoms with van der Waals surface area (Å²) < 4.78 is 5.27. The number of aliphatic imine (C=N–C) groups is 1. The minimum absolute atomic E-state index is 0. The lowest BCUT2D eigenvalue weighted by atomic mass is 10.1. The van der Waals surface area contributed by atoms with Crippen molar-refractivity contribution in [2.45, 2.75) is 13.0 Å². The second-order valence-corrected chi connectivity index (χ2v) is 6.76. The summed E-state index contributed by atoms with van der Waals surface area (Å²) in [6.45, 7) is 1.61. The standard InChI is InChI=1S/C20H23N3OS.HI/c1-21-20(22-10-9-19-4-3-11-25-19)23-14-15-5-6-17-13-18(24-2)8-7-16(17)12-15;/h3-8,11-13H,9-10,14H2,1-2H3,(H2,21,22,23);1H. The first-order chi connectivity index (χ1) is 12.3. The van der Waals surface area contributed by atoms with Crippen molar-refractivity contribution >= 4 is 52.0 Å². The second-order valence-electron chi connectivity index (χ2n) is 5.73. The zero-order chi connectivity index (χ0) is 17.5. The molecule has 0 spiro atoms. The zero-order valence-electron chi connectivity index (χ0n) is 15.0. The van der Waals surface area contributed by atoms with Gasteiger partial charge >= 0.3 is 0 Å². The van der Waals surface area contributed by atoms with Gasteiger partial charge in [0.05, 0.1) is 7.11 Å². The van der Waals surface area contributed by atoms with Crippen LogP contribution in [0.15, 0.2) is 58.9 Å². The molecule has 3 aromatic rings. The highest BCUT2D eigenvalue weighted by molar-refractivity contribution is 14.0. The number of rotatable bonds is 6. The maximum Gasteiger partial charge on any atom is 0.191 e. The highest BCUT2D eigenvalue weighted by atomic mass is 127. The molecule has 0 aliphatic heterocycles. The van der Waals surface area contributed by atoms with Crippen molar-refractivity contribution in [3.63, 3.8) is 0 Å². The van der Waals surface area contributed by atoms with Crippen LogP contribution in [0.4, 0.5) is 0 Å². The maximum absolute atomic E-state index is 5.27. The molecule has 26 heavy (non-hydrogen) atoms. The summed E-state index contributed by atoms with van der Waals surface area (Å²) >= 11 is 1.79. The van der Waals surface area contributed by atoms with E-state index in [0.717, 1.165) is 31.2 Å². The van der Waals surface area contributed by atoms with Gasteiger partial charge in [-0.1, -0.05) is 24.3 Å². The van der Waals surface area contributed by atoms with Crippen LogP contribution in [-0.4, -0.2) is 26.7 Å². The van der Waals surface area contributed by atoms with E-state index >= 15 is 0 Å². The third-order valence-corrected chi connectivity index (χ3v) is 4.98. The van der Waals surface area contributed by atoms with Crippen molar-refractivity contribution in [1.82, 2.24) is 10.6 Å². The van der Waals surface area contributed by atoms with Gasteiger partial charge in [0, 0.05) is 25.0 Å². The zero-order valence-corrected chi connectivity index (χ0v) is 18.1. The molecular weight excluding hydrogens is 457 g/mol. The summed E-state index contributed by atoms with van der Waals surface area (Å²) in [6.07, 6.45) is 1.01. The van der Waals surface area contributed by atoms with Gasteiger partial charge in [-0.25, -0.2) is 0 Å². The smallest absolute Gasteiger partial charge is 0.191 e. The van der Waals surface area contributed by atoms with Crippen molar-refractivity contribution in [3.05, 3.63) is 64.4 Å². The van der Waals surface area contributed by atoms with Crippen molar-refractivity contribution in [3.8, 4) is 5.75 Å². The molecule has 138 valence electrons. The minimum Gasteiger partial charge on any atom is -0.497 e. The molecule has 0 radical (unpaired) electrons. The molecule has 0 bridgehead atoms. The van der Waals surface area contributed by atoms with E-state index in [1.165, 1.54) is 21.2 Å². The van der Waals surface area contributed by atoms with Crippen LogP contribution in [0, 0.1) is 0 Å². The Morgan fingerprint density at radius 2 is 1.88 bits per heavy atom. The normalized spacial score (nSPS) is 11.1. The first-order valence-corrected chi connectivity index (χ1v) is 9.20. The molecule has 0 atom stereocenters. The Hall–Kier alpha value is -1.80. The van der Waals surface area contributed by atoms with Crippen LogP contribution in [0.2, 0.25) is 0 Å². The number of thiophene rings is 1. The van der Waals surface area contributed by atoms with Crippen molar-refractivity contribution < 1.29 is 4.74 Å². The van der Waals surface area contributed by atoms with Gasteiger partial charge in [-0.2, -0.15) is 0 Å². The number of fused-ring (bicyclic) bond motifs is 1. The van der Waals surface area contributed by atoms with E-state index in [0.29, 0.717) is 0 Å². The first-order valence-electron chi connectivity index (χ1n) is 8.32. The van der Waals surface area contributed by atoms with E-state index in [9.17, 15) is 0 Å². The number of benzene rings is 2. The summed E-state index contributed by atoms with van der Waals surface area (Å²) in [5.41, 5.74) is 1.22. The Kier molecular flexibility index (Phi) is 8.18. The number of nitrogens with zero attached hydrogens (tertiary/aromatic N) is 1. The Morgan fingerprint density at radius 1 is 1.08 bits per heavy atom. The maximum atomic E-state index is 5.27. The third-order valence-electron chi connectivity index (χ3n) is 4.04. The van der Waals surface area contributed by atoms with E-state index in [2.05, 4.69) is 63.5 Å².